The highest BCUT2D eigenvalue weighted by atomic mass is 32.1. The van der Waals surface area contributed by atoms with E-state index in [1.165, 1.54) is 17.6 Å². The Balaban J connectivity index is 1.86. The van der Waals surface area contributed by atoms with E-state index in [-0.39, 0.29) is 12.5 Å². The number of furan rings is 1. The van der Waals surface area contributed by atoms with Crippen molar-refractivity contribution in [3.8, 4) is 0 Å². The minimum atomic E-state index is -0.865. The van der Waals surface area contributed by atoms with Gasteiger partial charge in [-0.25, -0.2) is 4.98 Å². The van der Waals surface area contributed by atoms with E-state index in [1.54, 1.807) is 24.6 Å². The number of rotatable bonds is 6. The number of nitrogens with zero attached hydrogens (tertiary/aromatic N) is 1. The topological polar surface area (TPSA) is 84.6 Å². The Labute approximate surface area is 114 Å². The number of ether oxygens (including phenoxy) is 1. The summed E-state index contributed by atoms with van der Waals surface area (Å²) in [5, 5.41) is 14.7. The largest absolute Gasteiger partial charge is 0.467 e. The van der Waals surface area contributed by atoms with Gasteiger partial charge < -0.3 is 19.6 Å². The van der Waals surface area contributed by atoms with Crippen molar-refractivity contribution in [2.45, 2.75) is 12.7 Å². The zero-order valence-corrected chi connectivity index (χ0v) is 11.1. The first kappa shape index (κ1) is 13.7. The number of methoxy groups -OCH3 is 1. The van der Waals surface area contributed by atoms with Gasteiger partial charge >= 0.3 is 0 Å². The molecule has 2 aromatic heterocycles. The third kappa shape index (κ3) is 3.63. The lowest BCUT2D eigenvalue weighted by Gasteiger charge is -2.08. The van der Waals surface area contributed by atoms with Gasteiger partial charge in [-0.1, -0.05) is 0 Å². The van der Waals surface area contributed by atoms with Crippen molar-refractivity contribution in [2.75, 3.05) is 13.7 Å². The maximum atomic E-state index is 11.8. The molecule has 0 fully saturated rings. The first-order valence-electron chi connectivity index (χ1n) is 5.63. The molecule has 0 spiro atoms. The van der Waals surface area contributed by atoms with Gasteiger partial charge in [0.1, 0.15) is 22.6 Å². The summed E-state index contributed by atoms with van der Waals surface area (Å²) < 4.78 is 9.97. The minimum absolute atomic E-state index is 0.0729. The van der Waals surface area contributed by atoms with Gasteiger partial charge in [-0.3, -0.25) is 4.79 Å². The fourth-order valence-corrected chi connectivity index (χ4v) is 2.21. The molecule has 0 aliphatic rings. The average Bonchev–Trinajstić information content (AvgIpc) is 3.06. The number of aromatic nitrogens is 1. The number of aliphatic hydroxyl groups excluding tert-OH is 1. The zero-order valence-electron chi connectivity index (χ0n) is 10.3. The van der Waals surface area contributed by atoms with Crippen LogP contribution in [0.15, 0.2) is 28.2 Å². The van der Waals surface area contributed by atoms with E-state index in [1.807, 2.05) is 0 Å². The molecule has 0 saturated heterocycles. The van der Waals surface area contributed by atoms with Crippen LogP contribution in [0.5, 0.6) is 0 Å². The number of nitrogens with one attached hydrogen (secondary N) is 1. The second-order valence-corrected chi connectivity index (χ2v) is 4.74. The fourth-order valence-electron chi connectivity index (χ4n) is 1.47. The second-order valence-electron chi connectivity index (χ2n) is 3.80. The smallest absolute Gasteiger partial charge is 0.270 e. The van der Waals surface area contributed by atoms with Crippen LogP contribution >= 0.6 is 11.3 Å². The number of amides is 1. The molecule has 6 nitrogen and oxygen atoms in total. The van der Waals surface area contributed by atoms with Gasteiger partial charge in [-0.15, -0.1) is 11.3 Å². The Morgan fingerprint density at radius 1 is 1.68 bits per heavy atom. The molecule has 0 aromatic carbocycles. The number of carbonyl (C=O) groups is 1. The summed E-state index contributed by atoms with van der Waals surface area (Å²) in [7, 11) is 1.57. The predicted molar refractivity (Wildman–Crippen MR) is 68.8 cm³/mol. The summed E-state index contributed by atoms with van der Waals surface area (Å²) >= 11 is 1.36. The van der Waals surface area contributed by atoms with E-state index in [9.17, 15) is 9.90 Å². The molecule has 0 aliphatic carbocycles. The molecule has 0 saturated carbocycles. The number of hydrogen-bond acceptors (Lipinski definition) is 6. The minimum Gasteiger partial charge on any atom is -0.467 e. The lowest BCUT2D eigenvalue weighted by atomic mass is 10.2. The Morgan fingerprint density at radius 3 is 3.21 bits per heavy atom. The Morgan fingerprint density at radius 2 is 2.53 bits per heavy atom. The van der Waals surface area contributed by atoms with Gasteiger partial charge in [-0.2, -0.15) is 0 Å². The standard InChI is InChI=1S/C12H14N2O4S/c1-17-6-11-14-8(7-19-11)12(16)13-5-9(15)10-3-2-4-18-10/h2-4,7,9,15H,5-6H2,1H3,(H,13,16). The molecular formula is C12H14N2O4S. The van der Waals surface area contributed by atoms with Crippen molar-refractivity contribution in [3.05, 3.63) is 40.2 Å². The van der Waals surface area contributed by atoms with E-state index in [2.05, 4.69) is 10.3 Å². The summed E-state index contributed by atoms with van der Waals surface area (Å²) in [4.78, 5) is 15.9. The van der Waals surface area contributed by atoms with E-state index in [4.69, 9.17) is 9.15 Å². The van der Waals surface area contributed by atoms with Gasteiger partial charge in [0, 0.05) is 12.5 Å². The van der Waals surface area contributed by atoms with Crippen LogP contribution in [0.1, 0.15) is 27.4 Å². The van der Waals surface area contributed by atoms with Gasteiger partial charge in [0.15, 0.2) is 0 Å². The molecule has 2 N–H and O–H groups in total. The molecular weight excluding hydrogens is 268 g/mol. The average molecular weight is 282 g/mol. The second kappa shape index (κ2) is 6.46. The number of hydrogen-bond donors (Lipinski definition) is 2. The van der Waals surface area contributed by atoms with Crippen LogP contribution in [0.4, 0.5) is 0 Å². The first-order chi connectivity index (χ1) is 9.20. The van der Waals surface area contributed by atoms with Crippen LogP contribution in [0, 0.1) is 0 Å². The Hall–Kier alpha value is -1.70. The zero-order chi connectivity index (χ0) is 13.7. The molecule has 1 atom stereocenters. The predicted octanol–water partition coefficient (Wildman–Crippen LogP) is 1.35. The Kier molecular flexibility index (Phi) is 4.67. The van der Waals surface area contributed by atoms with Crippen LogP contribution in [-0.4, -0.2) is 29.7 Å². The summed E-state index contributed by atoms with van der Waals surface area (Å²) in [5.74, 6) is 0.0860. The molecule has 1 amide bonds. The lowest BCUT2D eigenvalue weighted by molar-refractivity contribution is 0.0896. The summed E-state index contributed by atoms with van der Waals surface area (Å²) in [6.45, 7) is 0.455. The van der Waals surface area contributed by atoms with Crippen LogP contribution in [0.2, 0.25) is 0 Å². The monoisotopic (exact) mass is 282 g/mol. The van der Waals surface area contributed by atoms with Crippen molar-refractivity contribution < 1.29 is 19.1 Å². The maximum Gasteiger partial charge on any atom is 0.270 e. The fraction of sp³-hybridized carbons (Fsp3) is 0.333. The SMILES string of the molecule is COCc1nc(C(=O)NCC(O)c2ccco2)cs1. The molecule has 19 heavy (non-hydrogen) atoms. The van der Waals surface area contributed by atoms with Crippen LogP contribution in [0.25, 0.3) is 0 Å². The highest BCUT2D eigenvalue weighted by Gasteiger charge is 2.14. The highest BCUT2D eigenvalue weighted by molar-refractivity contribution is 7.09. The van der Waals surface area contributed by atoms with Crippen LogP contribution < -0.4 is 5.32 Å². The third-order valence-electron chi connectivity index (χ3n) is 2.38. The Bertz CT molecular complexity index is 524. The summed E-state index contributed by atoms with van der Waals surface area (Å²) in [6.07, 6.45) is 0.605. The molecule has 2 heterocycles. The van der Waals surface area contributed by atoms with Gasteiger partial charge in [0.05, 0.1) is 19.4 Å². The molecule has 0 bridgehead atoms. The number of aliphatic hydroxyl groups is 1. The van der Waals surface area contributed by atoms with E-state index in [0.29, 0.717) is 18.1 Å². The normalized spacial score (nSPS) is 12.3. The number of carbonyl (C=O) groups excluding carboxylic acids is 1. The van der Waals surface area contributed by atoms with Crippen molar-refractivity contribution >= 4 is 17.2 Å². The van der Waals surface area contributed by atoms with Crippen LogP contribution in [-0.2, 0) is 11.3 Å². The van der Waals surface area contributed by atoms with Crippen molar-refractivity contribution in [1.29, 1.82) is 0 Å². The lowest BCUT2D eigenvalue weighted by Crippen LogP contribution is -2.28. The molecule has 2 rings (SSSR count). The van der Waals surface area contributed by atoms with E-state index < -0.39 is 6.10 Å². The summed E-state index contributed by atoms with van der Waals surface area (Å²) in [5.41, 5.74) is 0.323. The van der Waals surface area contributed by atoms with Crippen molar-refractivity contribution in [3.63, 3.8) is 0 Å². The number of thiazole rings is 1. The summed E-state index contributed by atoms with van der Waals surface area (Å²) in [6, 6.07) is 3.33. The molecule has 102 valence electrons. The molecule has 1 unspecified atom stereocenters. The van der Waals surface area contributed by atoms with E-state index >= 15 is 0 Å². The van der Waals surface area contributed by atoms with Gasteiger partial charge in [-0.05, 0) is 12.1 Å². The highest BCUT2D eigenvalue weighted by Crippen LogP contribution is 2.13. The molecule has 7 heteroatoms. The third-order valence-corrected chi connectivity index (χ3v) is 3.20. The van der Waals surface area contributed by atoms with Crippen molar-refractivity contribution in [1.82, 2.24) is 10.3 Å². The molecule has 2 aromatic rings. The molecule has 0 aliphatic heterocycles. The molecule has 0 radical (unpaired) electrons. The van der Waals surface area contributed by atoms with Gasteiger partial charge in [0.25, 0.3) is 5.91 Å². The quantitative estimate of drug-likeness (QED) is 0.835. The maximum absolute atomic E-state index is 11.8. The van der Waals surface area contributed by atoms with Gasteiger partial charge in [0.2, 0.25) is 0 Å². The van der Waals surface area contributed by atoms with Crippen molar-refractivity contribution in [2.24, 2.45) is 0 Å². The van der Waals surface area contributed by atoms with Crippen LogP contribution in [0.3, 0.4) is 0 Å². The first-order valence-corrected chi connectivity index (χ1v) is 6.51. The van der Waals surface area contributed by atoms with E-state index in [0.717, 1.165) is 5.01 Å².